The number of carboxylic acid groups (broad SMARTS) is 1. The molecule has 0 saturated heterocycles. The Balaban J connectivity index is 2.11. The fraction of sp³-hybridized carbons (Fsp3) is 0.118. The molecule has 0 amide bonds. The van der Waals surface area contributed by atoms with Crippen molar-refractivity contribution in [2.75, 3.05) is 0 Å². The quantitative estimate of drug-likeness (QED) is 0.751. The molecule has 1 aromatic carbocycles. The van der Waals surface area contributed by atoms with E-state index in [1.54, 1.807) is 18.2 Å². The Morgan fingerprint density at radius 2 is 2.08 bits per heavy atom. The third kappa shape index (κ3) is 3.47. The lowest BCUT2D eigenvalue weighted by molar-refractivity contribution is -0.0494. The van der Waals surface area contributed by atoms with Crippen LogP contribution in [0.25, 0.3) is 22.7 Å². The second-order valence-electron chi connectivity index (χ2n) is 5.04. The van der Waals surface area contributed by atoms with Gasteiger partial charge < -0.3 is 14.3 Å². The van der Waals surface area contributed by atoms with Crippen molar-refractivity contribution < 1.29 is 27.8 Å². The van der Waals surface area contributed by atoms with Crippen LogP contribution < -0.4 is 4.74 Å². The third-order valence-corrected chi connectivity index (χ3v) is 3.37. The smallest absolute Gasteiger partial charge is 0.387 e. The zero-order chi connectivity index (χ0) is 18.0. The summed E-state index contributed by atoms with van der Waals surface area (Å²) in [4.78, 5) is 19.3. The molecule has 3 aromatic rings. The number of hydrogen-bond donors (Lipinski definition) is 1. The minimum atomic E-state index is -2.99. The highest BCUT2D eigenvalue weighted by Gasteiger charge is 2.19. The largest absolute Gasteiger partial charge is 0.475 e. The van der Waals surface area contributed by atoms with Crippen LogP contribution in [-0.4, -0.2) is 27.7 Å². The number of carboxylic acids is 1. The SMILES string of the molecule is Cc1nc(-c2ccc(OC(F)F)c(-c3ccccn3)c2)oc1C(=O)O. The number of aromatic carboxylic acids is 1. The van der Waals surface area contributed by atoms with Gasteiger partial charge in [-0.3, -0.25) is 4.98 Å². The second-order valence-corrected chi connectivity index (χ2v) is 5.04. The van der Waals surface area contributed by atoms with Crippen molar-refractivity contribution >= 4 is 5.97 Å². The van der Waals surface area contributed by atoms with Crippen molar-refractivity contribution in [3.05, 3.63) is 54.0 Å². The number of hydrogen-bond acceptors (Lipinski definition) is 5. The zero-order valence-corrected chi connectivity index (χ0v) is 12.9. The minimum Gasteiger partial charge on any atom is -0.475 e. The normalized spacial score (nSPS) is 10.9. The first-order chi connectivity index (χ1) is 12.0. The molecule has 8 heteroatoms. The zero-order valence-electron chi connectivity index (χ0n) is 12.9. The van der Waals surface area contributed by atoms with Crippen LogP contribution in [0.5, 0.6) is 5.75 Å². The molecule has 2 aromatic heterocycles. The molecular formula is C17H12F2N2O4. The van der Waals surface area contributed by atoms with Crippen molar-refractivity contribution in [1.29, 1.82) is 0 Å². The van der Waals surface area contributed by atoms with Crippen molar-refractivity contribution in [3.8, 4) is 28.5 Å². The molecule has 6 nitrogen and oxygen atoms in total. The van der Waals surface area contributed by atoms with Gasteiger partial charge in [0.15, 0.2) is 0 Å². The van der Waals surface area contributed by atoms with E-state index in [0.717, 1.165) is 0 Å². The van der Waals surface area contributed by atoms with E-state index in [2.05, 4.69) is 14.7 Å². The van der Waals surface area contributed by atoms with Crippen LogP contribution in [-0.2, 0) is 0 Å². The molecule has 128 valence electrons. The Bertz CT molecular complexity index is 910. The summed E-state index contributed by atoms with van der Waals surface area (Å²) in [5.41, 5.74) is 1.36. The van der Waals surface area contributed by atoms with E-state index in [-0.39, 0.29) is 23.1 Å². The number of aryl methyl sites for hydroxylation is 1. The molecule has 0 unspecified atom stereocenters. The van der Waals surface area contributed by atoms with E-state index in [1.165, 1.54) is 31.3 Å². The van der Waals surface area contributed by atoms with Gasteiger partial charge in [0, 0.05) is 17.3 Å². The Labute approximate surface area is 140 Å². The first-order valence-corrected chi connectivity index (χ1v) is 7.17. The molecule has 0 aliphatic heterocycles. The molecular weight excluding hydrogens is 334 g/mol. The summed E-state index contributed by atoms with van der Waals surface area (Å²) in [6.07, 6.45) is 1.52. The number of rotatable bonds is 5. The van der Waals surface area contributed by atoms with Gasteiger partial charge in [0.25, 0.3) is 0 Å². The number of oxazole rings is 1. The number of benzene rings is 1. The van der Waals surface area contributed by atoms with Crippen LogP contribution in [0.2, 0.25) is 0 Å². The summed E-state index contributed by atoms with van der Waals surface area (Å²) in [6.45, 7) is -1.49. The van der Waals surface area contributed by atoms with Crippen LogP contribution in [0.3, 0.4) is 0 Å². The highest BCUT2D eigenvalue weighted by molar-refractivity contribution is 5.86. The van der Waals surface area contributed by atoms with Crippen LogP contribution in [0, 0.1) is 6.92 Å². The predicted molar refractivity (Wildman–Crippen MR) is 83.5 cm³/mol. The molecule has 0 radical (unpaired) electrons. The maximum Gasteiger partial charge on any atom is 0.387 e. The third-order valence-electron chi connectivity index (χ3n) is 3.37. The molecule has 3 rings (SSSR count). The molecule has 0 spiro atoms. The van der Waals surface area contributed by atoms with Crippen molar-refractivity contribution in [3.63, 3.8) is 0 Å². The highest BCUT2D eigenvalue weighted by atomic mass is 19.3. The summed E-state index contributed by atoms with van der Waals surface area (Å²) in [7, 11) is 0. The first kappa shape index (κ1) is 16.6. The van der Waals surface area contributed by atoms with Crippen LogP contribution in [0.4, 0.5) is 8.78 Å². The highest BCUT2D eigenvalue weighted by Crippen LogP contribution is 2.34. The Morgan fingerprint density at radius 1 is 1.28 bits per heavy atom. The standard InChI is InChI=1S/C17H12F2N2O4/c1-9-14(16(22)23)25-15(21-9)10-5-6-13(24-17(18)19)11(8-10)12-4-2-3-7-20-12/h2-8,17H,1H3,(H,22,23). The van der Waals surface area contributed by atoms with Gasteiger partial charge in [-0.15, -0.1) is 0 Å². The number of nitrogens with zero attached hydrogens (tertiary/aromatic N) is 2. The lowest BCUT2D eigenvalue weighted by Gasteiger charge is -2.11. The number of pyridine rings is 1. The second kappa shape index (κ2) is 6.68. The fourth-order valence-corrected chi connectivity index (χ4v) is 2.30. The van der Waals surface area contributed by atoms with Gasteiger partial charge in [0.2, 0.25) is 11.7 Å². The van der Waals surface area contributed by atoms with Gasteiger partial charge >= 0.3 is 12.6 Å². The maximum absolute atomic E-state index is 12.6. The van der Waals surface area contributed by atoms with Crippen LogP contribution in [0.15, 0.2) is 47.0 Å². The van der Waals surface area contributed by atoms with Gasteiger partial charge in [-0.25, -0.2) is 9.78 Å². The topological polar surface area (TPSA) is 85.5 Å². The average molecular weight is 346 g/mol. The van der Waals surface area contributed by atoms with Gasteiger partial charge in [-0.05, 0) is 37.3 Å². The molecule has 0 bridgehead atoms. The van der Waals surface area contributed by atoms with Gasteiger partial charge in [-0.1, -0.05) is 6.07 Å². The first-order valence-electron chi connectivity index (χ1n) is 7.17. The van der Waals surface area contributed by atoms with E-state index in [1.807, 2.05) is 0 Å². The minimum absolute atomic E-state index is 0.0563. The van der Waals surface area contributed by atoms with Crippen molar-refractivity contribution in [2.24, 2.45) is 0 Å². The lowest BCUT2D eigenvalue weighted by atomic mass is 10.1. The van der Waals surface area contributed by atoms with Crippen LogP contribution in [0.1, 0.15) is 16.2 Å². The van der Waals surface area contributed by atoms with E-state index in [9.17, 15) is 13.6 Å². The van der Waals surface area contributed by atoms with Gasteiger partial charge in [0.1, 0.15) is 5.75 Å². The summed E-state index contributed by atoms with van der Waals surface area (Å²) in [6, 6.07) is 9.35. The molecule has 0 aliphatic carbocycles. The van der Waals surface area contributed by atoms with E-state index in [0.29, 0.717) is 16.8 Å². The molecule has 1 N–H and O–H groups in total. The molecule has 0 saturated carbocycles. The van der Waals surface area contributed by atoms with Crippen LogP contribution >= 0.6 is 0 Å². The number of carbonyl (C=O) groups is 1. The Morgan fingerprint density at radius 3 is 2.68 bits per heavy atom. The fourth-order valence-electron chi connectivity index (χ4n) is 2.30. The van der Waals surface area contributed by atoms with Crippen molar-refractivity contribution in [1.82, 2.24) is 9.97 Å². The number of halogens is 2. The molecule has 0 fully saturated rings. The average Bonchev–Trinajstić information content (AvgIpc) is 2.97. The monoisotopic (exact) mass is 346 g/mol. The molecule has 2 heterocycles. The van der Waals surface area contributed by atoms with E-state index < -0.39 is 12.6 Å². The lowest BCUT2D eigenvalue weighted by Crippen LogP contribution is -2.03. The summed E-state index contributed by atoms with van der Waals surface area (Å²) >= 11 is 0. The number of ether oxygens (including phenoxy) is 1. The molecule has 25 heavy (non-hydrogen) atoms. The Kier molecular flexibility index (Phi) is 4.42. The van der Waals surface area contributed by atoms with Crippen molar-refractivity contribution in [2.45, 2.75) is 13.5 Å². The maximum atomic E-state index is 12.6. The Hall–Kier alpha value is -3.29. The summed E-state index contributed by atoms with van der Waals surface area (Å²) in [5.74, 6) is -1.50. The summed E-state index contributed by atoms with van der Waals surface area (Å²) < 4.78 is 35.1. The number of alkyl halides is 2. The van der Waals surface area contributed by atoms with E-state index in [4.69, 9.17) is 9.52 Å². The molecule has 0 aliphatic rings. The van der Waals surface area contributed by atoms with E-state index >= 15 is 0 Å². The summed E-state index contributed by atoms with van der Waals surface area (Å²) in [5, 5.41) is 9.05. The molecule has 0 atom stereocenters. The number of aromatic nitrogens is 2. The predicted octanol–water partition coefficient (Wildman–Crippen LogP) is 4.01. The van der Waals surface area contributed by atoms with Gasteiger partial charge in [0.05, 0.1) is 11.4 Å². The van der Waals surface area contributed by atoms with Gasteiger partial charge in [-0.2, -0.15) is 8.78 Å².